The normalized spacial score (nSPS) is 26.9. The minimum absolute atomic E-state index is 0.00209. The smallest absolute Gasteiger partial charge is 0.0596 e. The van der Waals surface area contributed by atoms with E-state index in [1.807, 2.05) is 0 Å². The van der Waals surface area contributed by atoms with Gasteiger partial charge in [0.2, 0.25) is 0 Å². The number of nitrogens with zero attached hydrogens (tertiary/aromatic N) is 2. The Morgan fingerprint density at radius 1 is 1.35 bits per heavy atom. The molecule has 3 heteroatoms. The lowest BCUT2D eigenvalue weighted by Gasteiger charge is -2.37. The lowest BCUT2D eigenvalue weighted by Crippen LogP contribution is -2.45. The maximum absolute atomic E-state index is 6.67. The van der Waals surface area contributed by atoms with Crippen LogP contribution in [0.2, 0.25) is 0 Å². The number of nitrogens with two attached hydrogens (primary N) is 1. The zero-order valence-corrected chi connectivity index (χ0v) is 13.5. The highest BCUT2D eigenvalue weighted by molar-refractivity contribution is 5.13. The third-order valence-electron chi connectivity index (χ3n) is 4.89. The van der Waals surface area contributed by atoms with Gasteiger partial charge in [0.05, 0.1) is 5.69 Å². The topological polar surface area (TPSA) is 43.8 Å². The van der Waals surface area contributed by atoms with E-state index >= 15 is 0 Å². The van der Waals surface area contributed by atoms with Crippen LogP contribution >= 0.6 is 0 Å². The zero-order chi connectivity index (χ0) is 14.6. The molecule has 0 bridgehead atoms. The Bertz CT molecular complexity index is 414. The van der Waals surface area contributed by atoms with Gasteiger partial charge in [-0.05, 0) is 51.5 Å². The minimum Gasteiger partial charge on any atom is -0.325 e. The molecular weight excluding hydrogens is 246 g/mol. The van der Waals surface area contributed by atoms with Gasteiger partial charge in [0.1, 0.15) is 0 Å². The van der Waals surface area contributed by atoms with Gasteiger partial charge in [-0.3, -0.25) is 4.68 Å². The second kappa shape index (κ2) is 6.75. The molecule has 1 aliphatic carbocycles. The predicted octanol–water partition coefficient (Wildman–Crippen LogP) is 3.83. The molecule has 0 radical (unpaired) electrons. The van der Waals surface area contributed by atoms with E-state index in [2.05, 4.69) is 36.6 Å². The van der Waals surface area contributed by atoms with Gasteiger partial charge in [-0.15, -0.1) is 0 Å². The maximum Gasteiger partial charge on any atom is 0.0596 e. The summed E-state index contributed by atoms with van der Waals surface area (Å²) in [4.78, 5) is 0. The molecule has 0 atom stereocenters. The molecule has 2 N–H and O–H groups in total. The predicted molar refractivity (Wildman–Crippen MR) is 84.7 cm³/mol. The molecule has 3 nitrogen and oxygen atoms in total. The van der Waals surface area contributed by atoms with Gasteiger partial charge in [-0.1, -0.05) is 26.2 Å². The van der Waals surface area contributed by atoms with Crippen molar-refractivity contribution >= 4 is 0 Å². The van der Waals surface area contributed by atoms with Crippen LogP contribution in [0.25, 0.3) is 0 Å². The van der Waals surface area contributed by atoms with Crippen LogP contribution in [-0.4, -0.2) is 15.3 Å². The second-order valence-electron chi connectivity index (χ2n) is 6.72. The molecule has 1 aliphatic rings. The molecule has 1 fully saturated rings. The molecule has 0 amide bonds. The number of hydrogen-bond acceptors (Lipinski definition) is 2. The van der Waals surface area contributed by atoms with Crippen molar-refractivity contribution in [3.63, 3.8) is 0 Å². The van der Waals surface area contributed by atoms with E-state index in [0.717, 1.165) is 24.6 Å². The number of hydrogen-bond donors (Lipinski definition) is 1. The van der Waals surface area contributed by atoms with Crippen molar-refractivity contribution in [3.05, 3.63) is 17.5 Å². The Kier molecular flexibility index (Phi) is 5.25. The quantitative estimate of drug-likeness (QED) is 0.858. The number of aryl methyl sites for hydroxylation is 2. The minimum atomic E-state index is 0.00209. The third kappa shape index (κ3) is 3.85. The van der Waals surface area contributed by atoms with E-state index in [9.17, 15) is 0 Å². The van der Waals surface area contributed by atoms with Crippen LogP contribution in [0.15, 0.2) is 6.07 Å². The Balaban J connectivity index is 1.92. The fourth-order valence-electron chi connectivity index (χ4n) is 3.59. The van der Waals surface area contributed by atoms with Crippen LogP contribution in [0.3, 0.4) is 0 Å². The summed E-state index contributed by atoms with van der Waals surface area (Å²) in [6, 6.07) is 2.21. The maximum atomic E-state index is 6.67. The molecule has 1 saturated carbocycles. The molecule has 0 aromatic carbocycles. The third-order valence-corrected chi connectivity index (χ3v) is 4.89. The average Bonchev–Trinajstić information content (AvgIpc) is 2.77. The molecule has 1 heterocycles. The number of aromatic nitrogens is 2. The first kappa shape index (κ1) is 15.6. The summed E-state index contributed by atoms with van der Waals surface area (Å²) < 4.78 is 2.12. The van der Waals surface area contributed by atoms with Crippen molar-refractivity contribution in [2.24, 2.45) is 11.7 Å². The molecular formula is C17H31N3. The summed E-state index contributed by atoms with van der Waals surface area (Å²) in [6.07, 6.45) is 10.1. The van der Waals surface area contributed by atoms with Crippen molar-refractivity contribution in [1.82, 2.24) is 9.78 Å². The van der Waals surface area contributed by atoms with E-state index in [4.69, 9.17) is 5.73 Å². The van der Waals surface area contributed by atoms with Crippen molar-refractivity contribution in [2.75, 3.05) is 0 Å². The highest BCUT2D eigenvalue weighted by Gasteiger charge is 2.32. The Morgan fingerprint density at radius 3 is 2.65 bits per heavy atom. The fraction of sp³-hybridized carbons (Fsp3) is 0.824. The van der Waals surface area contributed by atoms with Crippen LogP contribution in [0.5, 0.6) is 0 Å². The zero-order valence-electron chi connectivity index (χ0n) is 13.5. The van der Waals surface area contributed by atoms with Gasteiger partial charge in [-0.25, -0.2) is 0 Å². The molecule has 114 valence electrons. The largest absolute Gasteiger partial charge is 0.325 e. The first-order valence-corrected chi connectivity index (χ1v) is 8.38. The fourth-order valence-corrected chi connectivity index (χ4v) is 3.59. The first-order chi connectivity index (χ1) is 9.56. The Labute approximate surface area is 123 Å². The van der Waals surface area contributed by atoms with Gasteiger partial charge in [0.25, 0.3) is 0 Å². The summed E-state index contributed by atoms with van der Waals surface area (Å²) in [5.41, 5.74) is 9.11. The van der Waals surface area contributed by atoms with E-state index in [1.54, 1.807) is 0 Å². The second-order valence-corrected chi connectivity index (χ2v) is 6.72. The van der Waals surface area contributed by atoms with E-state index < -0.39 is 0 Å². The van der Waals surface area contributed by atoms with Crippen molar-refractivity contribution < 1.29 is 0 Å². The standard InChI is InChI=1S/C17H31N3/c1-4-6-7-15-8-10-17(18,11-9-15)13-16-12-14(3)19-20(16)5-2/h12,15H,4-11,13,18H2,1-3H3. The summed E-state index contributed by atoms with van der Waals surface area (Å²) in [5.74, 6) is 0.921. The molecule has 20 heavy (non-hydrogen) atoms. The summed E-state index contributed by atoms with van der Waals surface area (Å²) in [6.45, 7) is 7.45. The summed E-state index contributed by atoms with van der Waals surface area (Å²) >= 11 is 0. The number of unbranched alkanes of at least 4 members (excludes halogenated alkanes) is 1. The molecule has 0 saturated heterocycles. The van der Waals surface area contributed by atoms with Gasteiger partial charge in [0.15, 0.2) is 0 Å². The van der Waals surface area contributed by atoms with Crippen molar-refractivity contribution in [2.45, 2.75) is 84.2 Å². The first-order valence-electron chi connectivity index (χ1n) is 8.38. The molecule has 2 rings (SSSR count). The molecule has 0 aliphatic heterocycles. The highest BCUT2D eigenvalue weighted by Crippen LogP contribution is 2.35. The molecule has 0 unspecified atom stereocenters. The van der Waals surface area contributed by atoms with E-state index in [-0.39, 0.29) is 5.54 Å². The van der Waals surface area contributed by atoms with Gasteiger partial charge in [0, 0.05) is 24.2 Å². The van der Waals surface area contributed by atoms with Crippen LogP contribution in [-0.2, 0) is 13.0 Å². The van der Waals surface area contributed by atoms with Crippen molar-refractivity contribution in [1.29, 1.82) is 0 Å². The van der Waals surface area contributed by atoms with Gasteiger partial charge >= 0.3 is 0 Å². The van der Waals surface area contributed by atoms with Crippen molar-refractivity contribution in [3.8, 4) is 0 Å². The lowest BCUT2D eigenvalue weighted by molar-refractivity contribution is 0.218. The highest BCUT2D eigenvalue weighted by atomic mass is 15.3. The summed E-state index contributed by atoms with van der Waals surface area (Å²) in [7, 11) is 0. The molecule has 1 aromatic rings. The monoisotopic (exact) mass is 277 g/mol. The Hall–Kier alpha value is -0.830. The average molecular weight is 277 g/mol. The van der Waals surface area contributed by atoms with E-state index in [1.165, 1.54) is 50.6 Å². The van der Waals surface area contributed by atoms with Crippen LogP contribution in [0.1, 0.15) is 70.2 Å². The Morgan fingerprint density at radius 2 is 2.05 bits per heavy atom. The lowest BCUT2D eigenvalue weighted by atomic mass is 9.73. The van der Waals surface area contributed by atoms with E-state index in [0.29, 0.717) is 0 Å². The van der Waals surface area contributed by atoms with Crippen LogP contribution in [0.4, 0.5) is 0 Å². The van der Waals surface area contributed by atoms with Crippen LogP contribution in [0, 0.1) is 12.8 Å². The van der Waals surface area contributed by atoms with Gasteiger partial charge in [-0.2, -0.15) is 5.10 Å². The SMILES string of the molecule is CCCCC1CCC(N)(Cc2cc(C)nn2CC)CC1. The molecule has 1 aromatic heterocycles. The number of rotatable bonds is 6. The summed E-state index contributed by atoms with van der Waals surface area (Å²) in [5, 5.41) is 4.54. The van der Waals surface area contributed by atoms with Gasteiger partial charge < -0.3 is 5.73 Å². The molecule has 0 spiro atoms. The van der Waals surface area contributed by atoms with Crippen LogP contribution < -0.4 is 5.73 Å².